The van der Waals surface area contributed by atoms with Gasteiger partial charge in [0.15, 0.2) is 0 Å². The lowest BCUT2D eigenvalue weighted by Gasteiger charge is -2.33. The van der Waals surface area contributed by atoms with Crippen molar-refractivity contribution in [3.8, 4) is 0 Å². The molecule has 8 heteroatoms. The van der Waals surface area contributed by atoms with E-state index in [0.29, 0.717) is 28.8 Å². The van der Waals surface area contributed by atoms with Crippen molar-refractivity contribution in [1.29, 1.82) is 0 Å². The molecular formula is C21H22Cl2N4O2. The number of halogens is 2. The van der Waals surface area contributed by atoms with Crippen molar-refractivity contribution in [1.82, 2.24) is 9.80 Å². The molecule has 2 amide bonds. The van der Waals surface area contributed by atoms with Gasteiger partial charge in [-0.2, -0.15) is 0 Å². The Morgan fingerprint density at radius 1 is 0.931 bits per heavy atom. The van der Waals surface area contributed by atoms with E-state index in [0.717, 1.165) is 18.8 Å². The Bertz CT molecular complexity index is 930. The van der Waals surface area contributed by atoms with Crippen molar-refractivity contribution in [2.45, 2.75) is 0 Å². The number of likely N-dealkylation sites (N-methyl/N-ethyl adjacent to an activating group) is 1. The summed E-state index contributed by atoms with van der Waals surface area (Å²) in [5, 5.41) is 4.43. The first kappa shape index (κ1) is 20.0. The molecule has 0 aromatic heterocycles. The molecular weight excluding hydrogens is 411 g/mol. The van der Waals surface area contributed by atoms with Crippen LogP contribution in [0.2, 0.25) is 10.0 Å². The summed E-state index contributed by atoms with van der Waals surface area (Å²) in [5.41, 5.74) is 1.37. The van der Waals surface area contributed by atoms with E-state index in [1.807, 2.05) is 25.2 Å². The van der Waals surface area contributed by atoms with E-state index in [1.165, 1.54) is 5.01 Å². The number of carbonyl (C=O) groups is 2. The predicted octanol–water partition coefficient (Wildman–Crippen LogP) is 3.15. The maximum Gasteiger partial charge on any atom is 0.260 e. The van der Waals surface area contributed by atoms with E-state index >= 15 is 0 Å². The molecule has 0 bridgehead atoms. The molecule has 2 aliphatic rings. The molecule has 2 aromatic carbocycles. The Balaban J connectivity index is 1.67. The highest BCUT2D eigenvalue weighted by atomic mass is 35.5. The van der Waals surface area contributed by atoms with Crippen LogP contribution in [-0.2, 0) is 9.59 Å². The lowest BCUT2D eigenvalue weighted by molar-refractivity contribution is -0.140. The fourth-order valence-corrected chi connectivity index (χ4v) is 4.13. The largest absolute Gasteiger partial charge is 0.339 e. The van der Waals surface area contributed by atoms with E-state index in [9.17, 15) is 9.59 Å². The van der Waals surface area contributed by atoms with Gasteiger partial charge in [0, 0.05) is 36.2 Å². The molecule has 0 radical (unpaired) electrons. The molecule has 0 N–H and O–H groups in total. The van der Waals surface area contributed by atoms with Gasteiger partial charge < -0.3 is 9.80 Å². The molecule has 1 unspecified atom stereocenters. The fraction of sp³-hybridized carbons (Fsp3) is 0.333. The van der Waals surface area contributed by atoms with Crippen molar-refractivity contribution >= 4 is 46.4 Å². The van der Waals surface area contributed by atoms with Crippen LogP contribution in [0.4, 0.5) is 11.4 Å². The summed E-state index contributed by atoms with van der Waals surface area (Å²) in [5.74, 6) is -1.15. The number of piperazine rings is 1. The number of amides is 2. The van der Waals surface area contributed by atoms with Crippen molar-refractivity contribution in [3.63, 3.8) is 0 Å². The summed E-state index contributed by atoms with van der Waals surface area (Å²) in [4.78, 5) is 30.5. The average Bonchev–Trinajstić information content (AvgIpc) is 3.05. The molecule has 4 rings (SSSR count). The second kappa shape index (κ2) is 8.22. The standard InChI is InChI=1S/C21H22Cl2N4O2/c1-24-8-10-25(11-9-24)20(28)19-14-26(17-6-2-4-15(22)12-17)27(21(19)29)18-7-3-5-16(23)13-18/h2-7,12-13,19H,8-11,14H2,1H3. The lowest BCUT2D eigenvalue weighted by atomic mass is 10.1. The third kappa shape index (κ3) is 4.06. The van der Waals surface area contributed by atoms with Crippen LogP contribution >= 0.6 is 23.2 Å². The quantitative estimate of drug-likeness (QED) is 0.698. The zero-order valence-corrected chi connectivity index (χ0v) is 17.6. The fourth-order valence-electron chi connectivity index (χ4n) is 3.76. The number of benzene rings is 2. The molecule has 2 aliphatic heterocycles. The molecule has 152 valence electrons. The maximum atomic E-state index is 13.4. The molecule has 0 aliphatic carbocycles. The van der Waals surface area contributed by atoms with Crippen LogP contribution in [0.15, 0.2) is 48.5 Å². The minimum absolute atomic E-state index is 0.125. The number of nitrogens with zero attached hydrogens (tertiary/aromatic N) is 4. The van der Waals surface area contributed by atoms with Gasteiger partial charge in [0.25, 0.3) is 5.91 Å². The van der Waals surface area contributed by atoms with Crippen LogP contribution in [0.1, 0.15) is 0 Å². The van der Waals surface area contributed by atoms with Gasteiger partial charge in [-0.3, -0.25) is 14.6 Å². The van der Waals surface area contributed by atoms with Crippen molar-refractivity contribution in [3.05, 3.63) is 58.6 Å². The number of rotatable bonds is 3. The van der Waals surface area contributed by atoms with E-state index in [2.05, 4.69) is 4.90 Å². The predicted molar refractivity (Wildman–Crippen MR) is 115 cm³/mol. The number of hydrogen-bond donors (Lipinski definition) is 0. The van der Waals surface area contributed by atoms with Crippen LogP contribution in [-0.4, -0.2) is 61.4 Å². The van der Waals surface area contributed by atoms with Gasteiger partial charge >= 0.3 is 0 Å². The number of hydrazine groups is 1. The molecule has 29 heavy (non-hydrogen) atoms. The Morgan fingerprint density at radius 3 is 2.14 bits per heavy atom. The second-order valence-electron chi connectivity index (χ2n) is 7.37. The normalized spacial score (nSPS) is 20.4. The summed E-state index contributed by atoms with van der Waals surface area (Å²) in [6.07, 6.45) is 0. The van der Waals surface area contributed by atoms with Crippen LogP contribution in [0.25, 0.3) is 0 Å². The average molecular weight is 433 g/mol. The third-order valence-electron chi connectivity index (χ3n) is 5.38. The summed E-state index contributed by atoms with van der Waals surface area (Å²) < 4.78 is 0. The van der Waals surface area contributed by atoms with E-state index in [-0.39, 0.29) is 18.4 Å². The summed E-state index contributed by atoms with van der Waals surface area (Å²) in [6, 6.07) is 14.3. The molecule has 2 fully saturated rings. The smallest absolute Gasteiger partial charge is 0.260 e. The van der Waals surface area contributed by atoms with E-state index in [1.54, 1.807) is 40.2 Å². The van der Waals surface area contributed by atoms with Crippen molar-refractivity contribution in [2.75, 3.05) is 49.8 Å². The minimum atomic E-state index is -0.767. The Hall–Kier alpha value is -2.28. The highest BCUT2D eigenvalue weighted by molar-refractivity contribution is 6.31. The first-order valence-electron chi connectivity index (χ1n) is 9.54. The summed E-state index contributed by atoms with van der Waals surface area (Å²) in [6.45, 7) is 3.14. The molecule has 0 saturated carbocycles. The minimum Gasteiger partial charge on any atom is -0.339 e. The van der Waals surface area contributed by atoms with Gasteiger partial charge in [-0.05, 0) is 43.4 Å². The van der Waals surface area contributed by atoms with Gasteiger partial charge in [0.2, 0.25) is 5.91 Å². The lowest BCUT2D eigenvalue weighted by Crippen LogP contribution is -2.50. The number of anilines is 2. The molecule has 2 heterocycles. The third-order valence-corrected chi connectivity index (χ3v) is 5.85. The zero-order valence-electron chi connectivity index (χ0n) is 16.1. The van der Waals surface area contributed by atoms with Crippen molar-refractivity contribution in [2.24, 2.45) is 5.92 Å². The van der Waals surface area contributed by atoms with Gasteiger partial charge in [-0.25, -0.2) is 5.01 Å². The van der Waals surface area contributed by atoms with Crippen LogP contribution < -0.4 is 10.0 Å². The number of carbonyl (C=O) groups excluding carboxylic acids is 2. The summed E-state index contributed by atoms with van der Waals surface area (Å²) >= 11 is 12.3. The maximum absolute atomic E-state index is 13.4. The second-order valence-corrected chi connectivity index (χ2v) is 8.25. The SMILES string of the molecule is CN1CCN(C(=O)C2CN(c3cccc(Cl)c3)N(c3cccc(Cl)c3)C2=O)CC1. The zero-order chi connectivity index (χ0) is 20.5. The highest BCUT2D eigenvalue weighted by Crippen LogP contribution is 2.33. The number of hydrogen-bond acceptors (Lipinski definition) is 4. The van der Waals surface area contributed by atoms with Gasteiger partial charge in [0.05, 0.1) is 17.9 Å². The molecule has 0 spiro atoms. The monoisotopic (exact) mass is 432 g/mol. The molecule has 2 aromatic rings. The van der Waals surface area contributed by atoms with Crippen molar-refractivity contribution < 1.29 is 9.59 Å². The van der Waals surface area contributed by atoms with Crippen LogP contribution in [0.3, 0.4) is 0 Å². The first-order valence-corrected chi connectivity index (χ1v) is 10.3. The molecule has 1 atom stereocenters. The van der Waals surface area contributed by atoms with Gasteiger partial charge in [-0.1, -0.05) is 35.3 Å². The highest BCUT2D eigenvalue weighted by Gasteiger charge is 2.45. The van der Waals surface area contributed by atoms with Gasteiger partial charge in [-0.15, -0.1) is 0 Å². The molecule has 2 saturated heterocycles. The van der Waals surface area contributed by atoms with Crippen LogP contribution in [0.5, 0.6) is 0 Å². The van der Waals surface area contributed by atoms with Gasteiger partial charge in [0.1, 0.15) is 5.92 Å². The Morgan fingerprint density at radius 2 is 1.52 bits per heavy atom. The Kier molecular flexibility index (Phi) is 5.67. The van der Waals surface area contributed by atoms with E-state index < -0.39 is 5.92 Å². The topological polar surface area (TPSA) is 47.1 Å². The first-order chi connectivity index (χ1) is 13.9. The summed E-state index contributed by atoms with van der Waals surface area (Å²) in [7, 11) is 2.03. The van der Waals surface area contributed by atoms with E-state index in [4.69, 9.17) is 23.2 Å². The molecule has 6 nitrogen and oxygen atoms in total. The van der Waals surface area contributed by atoms with Crippen LogP contribution in [0, 0.1) is 5.92 Å². The Labute approximate surface area is 180 Å².